The first-order valence-corrected chi connectivity index (χ1v) is 12.3. The molecule has 1 aliphatic rings. The highest BCUT2D eigenvalue weighted by Crippen LogP contribution is 2.28. The van der Waals surface area contributed by atoms with Crippen molar-refractivity contribution in [3.05, 3.63) is 52.0 Å². The van der Waals surface area contributed by atoms with Gasteiger partial charge in [-0.25, -0.2) is 8.42 Å². The van der Waals surface area contributed by atoms with Crippen molar-refractivity contribution in [2.24, 2.45) is 0 Å². The molecule has 0 heterocycles. The lowest BCUT2D eigenvalue weighted by Crippen LogP contribution is -2.38. The lowest BCUT2D eigenvalue weighted by molar-refractivity contribution is -0.118. The minimum absolute atomic E-state index is 0.0470. The van der Waals surface area contributed by atoms with Crippen molar-refractivity contribution in [1.29, 1.82) is 0 Å². The molecule has 1 amide bonds. The van der Waals surface area contributed by atoms with E-state index in [9.17, 15) is 13.2 Å². The van der Waals surface area contributed by atoms with E-state index in [1.807, 2.05) is 0 Å². The second kappa shape index (κ2) is 10.1. The van der Waals surface area contributed by atoms with E-state index >= 15 is 0 Å². The zero-order chi connectivity index (χ0) is 21.7. The van der Waals surface area contributed by atoms with Gasteiger partial charge >= 0.3 is 0 Å². The average Bonchev–Trinajstić information content (AvgIpc) is 2.73. The molecule has 3 rings (SSSR count). The molecule has 1 saturated carbocycles. The number of carbonyl (C=O) groups is 1. The van der Waals surface area contributed by atoms with Crippen LogP contribution >= 0.6 is 27.5 Å². The molecule has 2 aromatic carbocycles. The second-order valence-electron chi connectivity index (χ2n) is 7.25. The molecule has 2 aromatic rings. The van der Waals surface area contributed by atoms with Gasteiger partial charge in [0.05, 0.1) is 9.92 Å². The van der Waals surface area contributed by atoms with Gasteiger partial charge in [-0.2, -0.15) is 4.31 Å². The fraction of sp³-hybridized carbons (Fsp3) is 0.381. The Balaban J connectivity index is 1.58. The highest BCUT2D eigenvalue weighted by molar-refractivity contribution is 9.10. The molecule has 162 valence electrons. The minimum Gasteiger partial charge on any atom is -0.482 e. The number of carbonyl (C=O) groups excluding carboxylic acids is 1. The number of benzene rings is 2. The summed E-state index contributed by atoms with van der Waals surface area (Å²) in [7, 11) is -1.92. The first kappa shape index (κ1) is 23.1. The monoisotopic (exact) mass is 514 g/mol. The number of ether oxygens (including phenoxy) is 1. The van der Waals surface area contributed by atoms with Crippen molar-refractivity contribution in [2.45, 2.75) is 43.0 Å². The molecule has 0 saturated heterocycles. The van der Waals surface area contributed by atoms with Crippen LogP contribution in [0.1, 0.15) is 32.1 Å². The first-order chi connectivity index (χ1) is 14.3. The van der Waals surface area contributed by atoms with Gasteiger partial charge in [-0.05, 0) is 55.3 Å². The Morgan fingerprint density at radius 2 is 1.83 bits per heavy atom. The van der Waals surface area contributed by atoms with Gasteiger partial charge in [-0.15, -0.1) is 0 Å². The van der Waals surface area contributed by atoms with Crippen LogP contribution in [-0.2, 0) is 14.8 Å². The Kier molecular flexibility index (Phi) is 7.79. The van der Waals surface area contributed by atoms with Crippen molar-refractivity contribution in [3.8, 4) is 5.75 Å². The van der Waals surface area contributed by atoms with Gasteiger partial charge in [0.15, 0.2) is 6.61 Å². The zero-order valence-electron chi connectivity index (χ0n) is 16.6. The Hall–Kier alpha value is -1.61. The third-order valence-electron chi connectivity index (χ3n) is 5.16. The summed E-state index contributed by atoms with van der Waals surface area (Å²) >= 11 is 9.37. The summed E-state index contributed by atoms with van der Waals surface area (Å²) in [5.74, 6) is 0.0334. The maximum absolute atomic E-state index is 12.9. The van der Waals surface area contributed by atoms with E-state index in [-0.39, 0.29) is 23.5 Å². The summed E-state index contributed by atoms with van der Waals surface area (Å²) < 4.78 is 33.5. The molecule has 1 N–H and O–H groups in total. The second-order valence-corrected chi connectivity index (χ2v) is 10.6. The summed E-state index contributed by atoms with van der Waals surface area (Å²) in [4.78, 5) is 12.4. The largest absolute Gasteiger partial charge is 0.482 e. The van der Waals surface area contributed by atoms with Crippen LogP contribution in [0.4, 0.5) is 5.69 Å². The number of amides is 1. The highest BCUT2D eigenvalue weighted by Gasteiger charge is 2.28. The van der Waals surface area contributed by atoms with Crippen molar-refractivity contribution in [2.75, 3.05) is 19.0 Å². The molecule has 30 heavy (non-hydrogen) atoms. The summed E-state index contributed by atoms with van der Waals surface area (Å²) in [6, 6.07) is 11.3. The Bertz CT molecular complexity index is 993. The van der Waals surface area contributed by atoms with E-state index in [1.54, 1.807) is 37.4 Å². The first-order valence-electron chi connectivity index (χ1n) is 9.73. The number of hydrogen-bond donors (Lipinski definition) is 1. The normalized spacial score (nSPS) is 15.2. The van der Waals surface area contributed by atoms with E-state index in [1.165, 1.54) is 16.4 Å². The number of sulfonamides is 1. The quantitative estimate of drug-likeness (QED) is 0.558. The van der Waals surface area contributed by atoms with Gasteiger partial charge in [-0.1, -0.05) is 46.8 Å². The molecule has 6 nitrogen and oxygen atoms in total. The maximum Gasteiger partial charge on any atom is 0.262 e. The smallest absolute Gasteiger partial charge is 0.262 e. The maximum atomic E-state index is 12.9. The number of hydrogen-bond acceptors (Lipinski definition) is 4. The molecule has 0 aliphatic heterocycles. The van der Waals surface area contributed by atoms with Gasteiger partial charge in [0.25, 0.3) is 5.91 Å². The van der Waals surface area contributed by atoms with Crippen LogP contribution in [0.5, 0.6) is 5.75 Å². The Morgan fingerprint density at radius 3 is 2.47 bits per heavy atom. The summed E-state index contributed by atoms with van der Waals surface area (Å²) in [5, 5.41) is 3.09. The van der Waals surface area contributed by atoms with Gasteiger partial charge in [0.1, 0.15) is 5.75 Å². The molecule has 0 bridgehead atoms. The lowest BCUT2D eigenvalue weighted by atomic mass is 9.96. The van der Waals surface area contributed by atoms with E-state index in [4.69, 9.17) is 16.3 Å². The molecule has 0 aromatic heterocycles. The molecule has 9 heteroatoms. The lowest BCUT2D eigenvalue weighted by Gasteiger charge is -2.30. The zero-order valence-corrected chi connectivity index (χ0v) is 19.8. The van der Waals surface area contributed by atoms with Crippen molar-refractivity contribution in [3.63, 3.8) is 0 Å². The van der Waals surface area contributed by atoms with Gasteiger partial charge in [0.2, 0.25) is 10.0 Å². The third-order valence-corrected chi connectivity index (χ3v) is 7.87. The van der Waals surface area contributed by atoms with Crippen molar-refractivity contribution >= 4 is 49.1 Å². The predicted octanol–water partition coefficient (Wildman–Crippen LogP) is 5.07. The molecule has 0 unspecified atom stereocenters. The van der Waals surface area contributed by atoms with E-state index in [0.717, 1.165) is 36.6 Å². The fourth-order valence-corrected chi connectivity index (χ4v) is 5.59. The van der Waals surface area contributed by atoms with E-state index in [2.05, 4.69) is 21.2 Å². The van der Waals surface area contributed by atoms with Gasteiger partial charge in [-0.3, -0.25) is 4.79 Å². The number of nitrogens with zero attached hydrogens (tertiary/aromatic N) is 1. The predicted molar refractivity (Wildman–Crippen MR) is 122 cm³/mol. The topological polar surface area (TPSA) is 75.7 Å². The summed E-state index contributed by atoms with van der Waals surface area (Å²) in [6.07, 6.45) is 5.07. The van der Waals surface area contributed by atoms with Crippen LogP contribution in [0.15, 0.2) is 51.8 Å². The molecule has 1 fully saturated rings. The number of anilines is 1. The molecule has 1 aliphatic carbocycles. The van der Waals surface area contributed by atoms with Crippen LogP contribution in [0.2, 0.25) is 5.02 Å². The average molecular weight is 516 g/mol. The molecule has 0 spiro atoms. The molecule has 0 radical (unpaired) electrons. The number of rotatable bonds is 7. The van der Waals surface area contributed by atoms with E-state index < -0.39 is 10.0 Å². The van der Waals surface area contributed by atoms with Crippen molar-refractivity contribution in [1.82, 2.24) is 4.31 Å². The Morgan fingerprint density at radius 1 is 1.17 bits per heavy atom. The minimum atomic E-state index is -3.56. The highest BCUT2D eigenvalue weighted by atomic mass is 79.9. The van der Waals surface area contributed by atoms with Crippen LogP contribution in [0.25, 0.3) is 0 Å². The van der Waals surface area contributed by atoms with Crippen LogP contribution in [-0.4, -0.2) is 38.3 Å². The standard InChI is InChI=1S/C21H24BrClN2O4S/c1-25(17-5-3-2-4-6-17)30(27,28)18-10-8-16(9-11-18)24-21(26)14-29-20-12-7-15(22)13-19(20)23/h7-13,17H,2-6,14H2,1H3,(H,24,26). The number of halogens is 2. The van der Waals surface area contributed by atoms with Gasteiger partial charge in [0, 0.05) is 23.2 Å². The molecule has 0 atom stereocenters. The molecular formula is C21H24BrClN2O4S. The van der Waals surface area contributed by atoms with E-state index in [0.29, 0.717) is 16.5 Å². The third kappa shape index (κ3) is 5.75. The van der Waals surface area contributed by atoms with Crippen LogP contribution in [0.3, 0.4) is 0 Å². The Labute approximate surface area is 190 Å². The van der Waals surface area contributed by atoms with Gasteiger partial charge < -0.3 is 10.1 Å². The van der Waals surface area contributed by atoms with Crippen molar-refractivity contribution < 1.29 is 17.9 Å². The SMILES string of the molecule is CN(C1CCCCC1)S(=O)(=O)c1ccc(NC(=O)COc2ccc(Br)cc2Cl)cc1. The van der Waals surface area contributed by atoms with Crippen LogP contribution < -0.4 is 10.1 Å². The fourth-order valence-electron chi connectivity index (χ4n) is 3.45. The summed E-state index contributed by atoms with van der Waals surface area (Å²) in [6.45, 7) is -0.216. The summed E-state index contributed by atoms with van der Waals surface area (Å²) in [5.41, 5.74) is 0.491. The number of nitrogens with one attached hydrogen (secondary N) is 1. The molecular weight excluding hydrogens is 492 g/mol. The van der Waals surface area contributed by atoms with Crippen LogP contribution in [0, 0.1) is 0 Å².